The standard InChI is InChI=1S/C17H19NO/c1-14-12-17(13-18(14)19,15-8-4-2-5-9-15)16-10-6-3-7-11-16/h2-11,14,19H,12-13H2,1H3. The van der Waals surface area contributed by atoms with E-state index in [9.17, 15) is 5.21 Å². The Labute approximate surface area is 114 Å². The maximum absolute atomic E-state index is 10.1. The molecule has 2 aromatic rings. The molecule has 0 saturated carbocycles. The van der Waals surface area contributed by atoms with Crippen LogP contribution in [0.2, 0.25) is 0 Å². The first-order valence-electron chi connectivity index (χ1n) is 6.79. The van der Waals surface area contributed by atoms with Crippen LogP contribution in [0.15, 0.2) is 60.7 Å². The van der Waals surface area contributed by atoms with Gasteiger partial charge in [0.05, 0.1) is 0 Å². The zero-order chi connectivity index (χ0) is 13.3. The van der Waals surface area contributed by atoms with Gasteiger partial charge in [0, 0.05) is 18.0 Å². The summed E-state index contributed by atoms with van der Waals surface area (Å²) in [7, 11) is 0. The van der Waals surface area contributed by atoms with Crippen molar-refractivity contribution in [3.63, 3.8) is 0 Å². The second-order valence-electron chi connectivity index (χ2n) is 5.46. The lowest BCUT2D eigenvalue weighted by molar-refractivity contribution is -0.0994. The molecule has 1 N–H and O–H groups in total. The highest BCUT2D eigenvalue weighted by molar-refractivity contribution is 5.41. The van der Waals surface area contributed by atoms with Crippen LogP contribution in [0.3, 0.4) is 0 Å². The van der Waals surface area contributed by atoms with Crippen molar-refractivity contribution >= 4 is 0 Å². The second-order valence-corrected chi connectivity index (χ2v) is 5.46. The summed E-state index contributed by atoms with van der Waals surface area (Å²) in [6.45, 7) is 2.73. The molecule has 0 aromatic heterocycles. The maximum Gasteiger partial charge on any atom is 0.0379 e. The molecule has 0 spiro atoms. The van der Waals surface area contributed by atoms with Gasteiger partial charge in [-0.1, -0.05) is 60.7 Å². The lowest BCUT2D eigenvalue weighted by Gasteiger charge is -2.30. The van der Waals surface area contributed by atoms with E-state index in [4.69, 9.17) is 0 Å². The molecule has 0 radical (unpaired) electrons. The van der Waals surface area contributed by atoms with Crippen LogP contribution in [-0.2, 0) is 5.41 Å². The molecule has 1 aliphatic heterocycles. The van der Waals surface area contributed by atoms with Crippen molar-refractivity contribution in [3.05, 3.63) is 71.8 Å². The van der Waals surface area contributed by atoms with Crippen LogP contribution < -0.4 is 0 Å². The summed E-state index contributed by atoms with van der Waals surface area (Å²) in [5.74, 6) is 0. The quantitative estimate of drug-likeness (QED) is 0.886. The average Bonchev–Trinajstić information content (AvgIpc) is 2.78. The fraction of sp³-hybridized carbons (Fsp3) is 0.294. The molecule has 0 bridgehead atoms. The fourth-order valence-electron chi connectivity index (χ4n) is 3.21. The first kappa shape index (κ1) is 12.4. The van der Waals surface area contributed by atoms with Gasteiger partial charge in [0.2, 0.25) is 0 Å². The van der Waals surface area contributed by atoms with Gasteiger partial charge in [0.25, 0.3) is 0 Å². The summed E-state index contributed by atoms with van der Waals surface area (Å²) in [6, 6.07) is 21.2. The smallest absolute Gasteiger partial charge is 0.0379 e. The summed E-state index contributed by atoms with van der Waals surface area (Å²) >= 11 is 0. The van der Waals surface area contributed by atoms with E-state index >= 15 is 0 Å². The monoisotopic (exact) mass is 253 g/mol. The van der Waals surface area contributed by atoms with Gasteiger partial charge in [-0.05, 0) is 24.5 Å². The largest absolute Gasteiger partial charge is 0.314 e. The Balaban J connectivity index is 2.13. The Bertz CT molecular complexity index is 486. The van der Waals surface area contributed by atoms with Crippen LogP contribution in [0.1, 0.15) is 24.5 Å². The lowest BCUT2D eigenvalue weighted by Crippen LogP contribution is -2.31. The molecule has 1 fully saturated rings. The molecule has 3 rings (SSSR count). The van der Waals surface area contributed by atoms with E-state index < -0.39 is 0 Å². The zero-order valence-corrected chi connectivity index (χ0v) is 11.2. The molecule has 0 aliphatic carbocycles. The molecule has 19 heavy (non-hydrogen) atoms. The number of hydroxylamine groups is 2. The molecule has 2 nitrogen and oxygen atoms in total. The van der Waals surface area contributed by atoms with Gasteiger partial charge in [-0.3, -0.25) is 0 Å². The average molecular weight is 253 g/mol. The topological polar surface area (TPSA) is 23.5 Å². The van der Waals surface area contributed by atoms with E-state index in [1.54, 1.807) is 0 Å². The summed E-state index contributed by atoms with van der Waals surface area (Å²) < 4.78 is 0. The SMILES string of the molecule is CC1CC(c2ccccc2)(c2ccccc2)CN1O. The van der Waals surface area contributed by atoms with Crippen LogP contribution >= 0.6 is 0 Å². The van der Waals surface area contributed by atoms with Crippen LogP contribution in [0.4, 0.5) is 0 Å². The third kappa shape index (κ3) is 2.07. The molecule has 2 aromatic carbocycles. The van der Waals surface area contributed by atoms with Crippen molar-refractivity contribution < 1.29 is 5.21 Å². The first-order chi connectivity index (χ1) is 9.22. The molecular formula is C17H19NO. The molecule has 1 aliphatic rings. The number of hydrogen-bond donors (Lipinski definition) is 1. The third-order valence-electron chi connectivity index (χ3n) is 4.24. The summed E-state index contributed by atoms with van der Waals surface area (Å²) in [6.07, 6.45) is 0.942. The third-order valence-corrected chi connectivity index (χ3v) is 4.24. The van der Waals surface area contributed by atoms with Gasteiger partial charge in [-0.2, -0.15) is 5.06 Å². The molecule has 1 atom stereocenters. The van der Waals surface area contributed by atoms with Gasteiger partial charge in [-0.25, -0.2) is 0 Å². The van der Waals surface area contributed by atoms with E-state index in [2.05, 4.69) is 55.5 Å². The summed E-state index contributed by atoms with van der Waals surface area (Å²) in [5.41, 5.74) is 2.46. The van der Waals surface area contributed by atoms with Crippen molar-refractivity contribution in [3.8, 4) is 0 Å². The summed E-state index contributed by atoms with van der Waals surface area (Å²) in [5, 5.41) is 11.6. The molecule has 98 valence electrons. The number of benzene rings is 2. The zero-order valence-electron chi connectivity index (χ0n) is 11.2. The highest BCUT2D eigenvalue weighted by Crippen LogP contribution is 2.42. The highest BCUT2D eigenvalue weighted by atomic mass is 16.5. The van der Waals surface area contributed by atoms with Crippen LogP contribution in [0, 0.1) is 0 Å². The second kappa shape index (κ2) is 4.80. The van der Waals surface area contributed by atoms with Gasteiger partial charge in [0.1, 0.15) is 0 Å². The Hall–Kier alpha value is -1.64. The number of rotatable bonds is 2. The van der Waals surface area contributed by atoms with Gasteiger partial charge < -0.3 is 5.21 Å². The van der Waals surface area contributed by atoms with Crippen molar-refractivity contribution in [1.82, 2.24) is 5.06 Å². The van der Waals surface area contributed by atoms with E-state index in [0.717, 1.165) is 6.42 Å². The molecular weight excluding hydrogens is 234 g/mol. The first-order valence-corrected chi connectivity index (χ1v) is 6.79. The Morgan fingerprint density at radius 3 is 1.79 bits per heavy atom. The van der Waals surface area contributed by atoms with Crippen LogP contribution in [0.5, 0.6) is 0 Å². The predicted octanol–water partition coefficient (Wildman–Crippen LogP) is 3.46. The minimum absolute atomic E-state index is 0.101. The summed E-state index contributed by atoms with van der Waals surface area (Å²) in [4.78, 5) is 0. The van der Waals surface area contributed by atoms with Gasteiger partial charge in [-0.15, -0.1) is 0 Å². The molecule has 1 heterocycles. The fourth-order valence-corrected chi connectivity index (χ4v) is 3.21. The van der Waals surface area contributed by atoms with E-state index in [1.807, 2.05) is 12.1 Å². The highest BCUT2D eigenvalue weighted by Gasteiger charge is 2.44. The maximum atomic E-state index is 10.1. The molecule has 1 unspecified atom stereocenters. The predicted molar refractivity (Wildman–Crippen MR) is 76.2 cm³/mol. The van der Waals surface area contributed by atoms with E-state index in [0.29, 0.717) is 6.54 Å². The van der Waals surface area contributed by atoms with Crippen molar-refractivity contribution in [1.29, 1.82) is 0 Å². The number of hydrogen-bond acceptors (Lipinski definition) is 2. The van der Waals surface area contributed by atoms with Gasteiger partial charge >= 0.3 is 0 Å². The Kier molecular flexibility index (Phi) is 3.13. The Morgan fingerprint density at radius 2 is 1.42 bits per heavy atom. The van der Waals surface area contributed by atoms with Crippen molar-refractivity contribution in [2.75, 3.05) is 6.54 Å². The minimum Gasteiger partial charge on any atom is -0.314 e. The normalized spacial score (nSPS) is 22.5. The Morgan fingerprint density at radius 1 is 0.947 bits per heavy atom. The van der Waals surface area contributed by atoms with E-state index in [-0.39, 0.29) is 11.5 Å². The van der Waals surface area contributed by atoms with Crippen molar-refractivity contribution in [2.45, 2.75) is 24.8 Å². The van der Waals surface area contributed by atoms with Crippen LogP contribution in [0.25, 0.3) is 0 Å². The molecule has 0 amide bonds. The number of nitrogens with zero attached hydrogens (tertiary/aromatic N) is 1. The molecule has 2 heteroatoms. The van der Waals surface area contributed by atoms with Gasteiger partial charge in [0.15, 0.2) is 0 Å². The van der Waals surface area contributed by atoms with Crippen LogP contribution in [-0.4, -0.2) is 22.9 Å². The molecule has 1 saturated heterocycles. The minimum atomic E-state index is -0.101. The lowest BCUT2D eigenvalue weighted by atomic mass is 9.73. The van der Waals surface area contributed by atoms with E-state index in [1.165, 1.54) is 16.2 Å². The van der Waals surface area contributed by atoms with Crippen molar-refractivity contribution in [2.24, 2.45) is 0 Å².